The molecule has 9 heteroatoms. The second-order valence-electron chi connectivity index (χ2n) is 6.01. The van der Waals surface area contributed by atoms with Crippen LogP contribution >= 0.6 is 11.8 Å². The van der Waals surface area contributed by atoms with Crippen molar-refractivity contribution in [1.82, 2.24) is 19.9 Å². The summed E-state index contributed by atoms with van der Waals surface area (Å²) in [6.45, 7) is 7.89. The Morgan fingerprint density at radius 3 is 2.75 bits per heavy atom. The maximum atomic E-state index is 12.4. The lowest BCUT2D eigenvalue weighted by Gasteiger charge is -2.12. The van der Waals surface area contributed by atoms with E-state index in [1.54, 1.807) is 33.1 Å². The molecule has 0 saturated carbocycles. The van der Waals surface area contributed by atoms with E-state index in [0.29, 0.717) is 29.1 Å². The predicted molar refractivity (Wildman–Crippen MR) is 107 cm³/mol. The molecule has 0 spiro atoms. The van der Waals surface area contributed by atoms with Crippen molar-refractivity contribution in [2.45, 2.75) is 30.8 Å². The van der Waals surface area contributed by atoms with Gasteiger partial charge in [0.2, 0.25) is 5.91 Å². The number of methoxy groups -OCH3 is 1. The number of hydrogen-bond acceptors (Lipinski definition) is 7. The average molecular weight is 399 g/mol. The Labute approximate surface area is 167 Å². The number of hydrogen-bond donors (Lipinski definition) is 1. The summed E-state index contributed by atoms with van der Waals surface area (Å²) in [4.78, 5) is 12.4. The normalized spacial score (nSPS) is 11.8. The summed E-state index contributed by atoms with van der Waals surface area (Å²) in [6.07, 6.45) is 1.77. The maximum Gasteiger partial charge on any atom is 0.238 e. The summed E-state index contributed by atoms with van der Waals surface area (Å²) >= 11 is 1.31. The highest BCUT2D eigenvalue weighted by Crippen LogP contribution is 2.28. The van der Waals surface area contributed by atoms with Crippen molar-refractivity contribution < 1.29 is 14.1 Å². The van der Waals surface area contributed by atoms with Crippen LogP contribution < -0.4 is 10.1 Å². The minimum atomic E-state index is -0.409. The van der Waals surface area contributed by atoms with E-state index in [-0.39, 0.29) is 5.91 Å². The molecule has 1 atom stereocenters. The van der Waals surface area contributed by atoms with E-state index in [1.807, 2.05) is 28.8 Å². The molecule has 8 nitrogen and oxygen atoms in total. The number of carbonyl (C=O) groups excluding carboxylic acids is 1. The van der Waals surface area contributed by atoms with Crippen molar-refractivity contribution in [3.05, 3.63) is 48.7 Å². The highest BCUT2D eigenvalue weighted by molar-refractivity contribution is 8.00. The molecule has 1 amide bonds. The summed E-state index contributed by atoms with van der Waals surface area (Å²) < 4.78 is 12.1. The first-order valence-corrected chi connectivity index (χ1v) is 9.49. The second-order valence-corrected chi connectivity index (χ2v) is 7.31. The molecule has 0 aliphatic heterocycles. The van der Waals surface area contributed by atoms with Gasteiger partial charge in [0, 0.05) is 18.2 Å². The third-order valence-electron chi connectivity index (χ3n) is 3.91. The first-order chi connectivity index (χ1) is 13.5. The number of carbonyl (C=O) groups is 1. The second kappa shape index (κ2) is 8.75. The van der Waals surface area contributed by atoms with Gasteiger partial charge in [0.1, 0.15) is 11.5 Å². The molecule has 1 N–H and O–H groups in total. The highest BCUT2D eigenvalue weighted by atomic mass is 32.2. The zero-order valence-electron chi connectivity index (χ0n) is 15.9. The molecule has 1 unspecified atom stereocenters. The molecular formula is C19H21N5O3S. The van der Waals surface area contributed by atoms with E-state index < -0.39 is 5.25 Å². The fraction of sp³-hybridized carbons (Fsp3) is 0.263. The van der Waals surface area contributed by atoms with Crippen LogP contribution in [0.4, 0.5) is 5.82 Å². The number of anilines is 1. The van der Waals surface area contributed by atoms with Crippen LogP contribution in [0.5, 0.6) is 5.75 Å². The number of aryl methyl sites for hydroxylation is 1. The van der Waals surface area contributed by atoms with Crippen molar-refractivity contribution in [1.29, 1.82) is 0 Å². The quantitative estimate of drug-likeness (QED) is 0.457. The van der Waals surface area contributed by atoms with E-state index >= 15 is 0 Å². The van der Waals surface area contributed by atoms with Gasteiger partial charge in [0.25, 0.3) is 0 Å². The Morgan fingerprint density at radius 2 is 2.14 bits per heavy atom. The van der Waals surface area contributed by atoms with Crippen molar-refractivity contribution >= 4 is 23.5 Å². The molecule has 146 valence electrons. The zero-order chi connectivity index (χ0) is 20.1. The molecule has 0 aliphatic rings. The number of nitrogens with zero attached hydrogens (tertiary/aromatic N) is 4. The van der Waals surface area contributed by atoms with E-state index in [4.69, 9.17) is 9.26 Å². The van der Waals surface area contributed by atoms with Crippen molar-refractivity contribution in [3.63, 3.8) is 0 Å². The molecule has 0 aliphatic carbocycles. The molecule has 0 radical (unpaired) electrons. The number of benzene rings is 1. The molecule has 1 aromatic carbocycles. The van der Waals surface area contributed by atoms with Gasteiger partial charge >= 0.3 is 0 Å². The Hall–Kier alpha value is -3.07. The number of allylic oxidation sites excluding steroid dienone is 1. The standard InChI is InChI=1S/C19H21N5O3S/c1-5-10-24-17(14-6-8-15(26-4)9-7-14)21-22-19(24)28-13(3)18(25)20-16-11-12(2)27-23-16/h5-9,11,13H,1,10H2,2-4H3,(H,20,23,25). The lowest BCUT2D eigenvalue weighted by Crippen LogP contribution is -2.23. The zero-order valence-corrected chi connectivity index (χ0v) is 16.7. The number of amides is 1. The number of nitrogens with one attached hydrogen (secondary N) is 1. The molecule has 2 aromatic heterocycles. The SMILES string of the molecule is C=CCn1c(SC(C)C(=O)Nc2cc(C)on2)nnc1-c1ccc(OC)cc1. The largest absolute Gasteiger partial charge is 0.497 e. The molecule has 0 saturated heterocycles. The van der Waals surface area contributed by atoms with Gasteiger partial charge in [0.15, 0.2) is 16.8 Å². The Kier molecular flexibility index (Phi) is 6.15. The summed E-state index contributed by atoms with van der Waals surface area (Å²) in [5.74, 6) is 2.29. The third-order valence-corrected chi connectivity index (χ3v) is 4.99. The lowest BCUT2D eigenvalue weighted by atomic mass is 10.2. The summed E-state index contributed by atoms with van der Waals surface area (Å²) in [7, 11) is 1.62. The van der Waals surface area contributed by atoms with E-state index in [0.717, 1.165) is 11.3 Å². The average Bonchev–Trinajstić information content (AvgIpc) is 3.28. The maximum absolute atomic E-state index is 12.4. The van der Waals surface area contributed by atoms with Gasteiger partial charge in [-0.25, -0.2) is 0 Å². The van der Waals surface area contributed by atoms with Crippen LogP contribution in [0.15, 0.2) is 52.7 Å². The van der Waals surface area contributed by atoms with E-state index in [9.17, 15) is 4.79 Å². The van der Waals surface area contributed by atoms with Gasteiger partial charge in [-0.1, -0.05) is 23.0 Å². The summed E-state index contributed by atoms with van der Waals surface area (Å²) in [6, 6.07) is 9.23. The van der Waals surface area contributed by atoms with Gasteiger partial charge in [-0.3, -0.25) is 9.36 Å². The van der Waals surface area contributed by atoms with Gasteiger partial charge in [-0.2, -0.15) is 0 Å². The van der Waals surface area contributed by atoms with Gasteiger partial charge in [-0.15, -0.1) is 16.8 Å². The monoisotopic (exact) mass is 399 g/mol. The minimum absolute atomic E-state index is 0.197. The van der Waals surface area contributed by atoms with Gasteiger partial charge < -0.3 is 14.6 Å². The van der Waals surface area contributed by atoms with Crippen LogP contribution in [-0.2, 0) is 11.3 Å². The molecule has 3 rings (SSSR count). The van der Waals surface area contributed by atoms with Crippen molar-refractivity contribution in [2.24, 2.45) is 0 Å². The topological polar surface area (TPSA) is 95.1 Å². The molecular weight excluding hydrogens is 378 g/mol. The Bertz CT molecular complexity index is 964. The van der Waals surface area contributed by atoms with E-state index in [1.165, 1.54) is 11.8 Å². The van der Waals surface area contributed by atoms with Crippen LogP contribution in [0.1, 0.15) is 12.7 Å². The fourth-order valence-electron chi connectivity index (χ4n) is 2.49. The Balaban J connectivity index is 1.78. The van der Waals surface area contributed by atoms with Crippen LogP contribution in [0.2, 0.25) is 0 Å². The highest BCUT2D eigenvalue weighted by Gasteiger charge is 2.21. The van der Waals surface area contributed by atoms with Crippen LogP contribution in [0.3, 0.4) is 0 Å². The van der Waals surface area contributed by atoms with E-state index in [2.05, 4.69) is 27.2 Å². The summed E-state index contributed by atoms with van der Waals surface area (Å²) in [5.41, 5.74) is 0.900. The van der Waals surface area contributed by atoms with Gasteiger partial charge in [0.05, 0.1) is 12.4 Å². The molecule has 0 bridgehead atoms. The molecule has 3 aromatic rings. The number of ether oxygens (including phenoxy) is 1. The Morgan fingerprint density at radius 1 is 1.39 bits per heavy atom. The smallest absolute Gasteiger partial charge is 0.238 e. The fourth-order valence-corrected chi connectivity index (χ4v) is 3.35. The lowest BCUT2D eigenvalue weighted by molar-refractivity contribution is -0.115. The number of thioether (sulfide) groups is 1. The molecule has 28 heavy (non-hydrogen) atoms. The third kappa shape index (κ3) is 4.42. The molecule has 0 fully saturated rings. The van der Waals surface area contributed by atoms with Gasteiger partial charge in [-0.05, 0) is 38.1 Å². The minimum Gasteiger partial charge on any atom is -0.497 e. The van der Waals surface area contributed by atoms with Crippen LogP contribution in [0, 0.1) is 6.92 Å². The van der Waals surface area contributed by atoms with Crippen LogP contribution in [0.25, 0.3) is 11.4 Å². The predicted octanol–water partition coefficient (Wildman–Crippen LogP) is 3.56. The van der Waals surface area contributed by atoms with Crippen LogP contribution in [-0.4, -0.2) is 38.2 Å². The first-order valence-electron chi connectivity index (χ1n) is 8.61. The number of aromatic nitrogens is 4. The van der Waals surface area contributed by atoms with Crippen molar-refractivity contribution in [3.8, 4) is 17.1 Å². The molecule has 2 heterocycles. The summed E-state index contributed by atoms with van der Waals surface area (Å²) in [5, 5.41) is 15.3. The van der Waals surface area contributed by atoms with Crippen molar-refractivity contribution in [2.75, 3.05) is 12.4 Å². The first kappa shape index (κ1) is 19.7. The number of rotatable bonds is 8.